The summed E-state index contributed by atoms with van der Waals surface area (Å²) in [5.74, 6) is 0.537. The zero-order valence-electron chi connectivity index (χ0n) is 16.5. The van der Waals surface area contributed by atoms with Gasteiger partial charge in [0.1, 0.15) is 0 Å². The average molecular weight is 359 g/mol. The number of nitrogens with one attached hydrogen (secondary N) is 2. The first-order chi connectivity index (χ1) is 11.8. The Bertz CT molecular complexity index is 608. The second kappa shape index (κ2) is 8.84. The lowest BCUT2D eigenvalue weighted by molar-refractivity contribution is 0.377. The van der Waals surface area contributed by atoms with Crippen molar-refractivity contribution < 1.29 is 0 Å². The molecule has 2 unspecified atom stereocenters. The molecule has 1 saturated heterocycles. The van der Waals surface area contributed by atoms with E-state index in [-0.39, 0.29) is 0 Å². The summed E-state index contributed by atoms with van der Waals surface area (Å²) in [4.78, 5) is 0. The van der Waals surface area contributed by atoms with Gasteiger partial charge in [-0.1, -0.05) is 62.3 Å². The van der Waals surface area contributed by atoms with Crippen molar-refractivity contribution in [3.63, 3.8) is 0 Å². The SMILES string of the molecule is CC1=C(/C=C/C(C)=C/C=C/C(C)CC2CNC(=S)N2)C(C)(C)CCC1. The summed E-state index contributed by atoms with van der Waals surface area (Å²) >= 11 is 5.12. The molecule has 0 aromatic carbocycles. The topological polar surface area (TPSA) is 24.1 Å². The van der Waals surface area contributed by atoms with Crippen LogP contribution in [0, 0.1) is 11.3 Å². The highest BCUT2D eigenvalue weighted by Crippen LogP contribution is 2.40. The lowest BCUT2D eigenvalue weighted by Gasteiger charge is -2.32. The first-order valence-corrected chi connectivity index (χ1v) is 9.96. The van der Waals surface area contributed by atoms with Gasteiger partial charge in [-0.3, -0.25) is 0 Å². The molecule has 2 aliphatic rings. The van der Waals surface area contributed by atoms with Crippen molar-refractivity contribution in [3.05, 3.63) is 47.1 Å². The molecular weight excluding hydrogens is 324 g/mol. The standard InChI is InChI=1S/C22H34N2S/c1-16(11-12-20-18(3)10-7-13-22(20,4)5)8-6-9-17(2)14-19-15-23-21(25)24-19/h6,8-9,11-12,17,19H,7,10,13-15H2,1-5H3,(H2,23,24,25)/b9-6+,12-11+,16-8+. The van der Waals surface area contributed by atoms with E-state index < -0.39 is 0 Å². The molecule has 1 aliphatic heterocycles. The molecule has 2 atom stereocenters. The zero-order valence-corrected chi connectivity index (χ0v) is 17.3. The van der Waals surface area contributed by atoms with E-state index in [2.05, 4.69) is 75.6 Å². The Kier molecular flexibility index (Phi) is 7.06. The van der Waals surface area contributed by atoms with Gasteiger partial charge in [0, 0.05) is 12.6 Å². The van der Waals surface area contributed by atoms with Crippen LogP contribution in [0.2, 0.25) is 0 Å². The fourth-order valence-corrected chi connectivity index (χ4v) is 4.10. The molecular formula is C22H34N2S. The highest BCUT2D eigenvalue weighted by molar-refractivity contribution is 7.80. The Morgan fingerprint density at radius 1 is 1.40 bits per heavy atom. The number of hydrogen-bond acceptors (Lipinski definition) is 1. The Morgan fingerprint density at radius 3 is 2.80 bits per heavy atom. The summed E-state index contributed by atoms with van der Waals surface area (Å²) in [6.07, 6.45) is 16.3. The average Bonchev–Trinajstić information content (AvgIpc) is 2.91. The van der Waals surface area contributed by atoms with Gasteiger partial charge in [-0.25, -0.2) is 0 Å². The Labute approximate surface area is 159 Å². The summed E-state index contributed by atoms with van der Waals surface area (Å²) in [5, 5.41) is 7.27. The third kappa shape index (κ3) is 6.14. The quantitative estimate of drug-likeness (QED) is 0.488. The van der Waals surface area contributed by atoms with Crippen molar-refractivity contribution in [2.24, 2.45) is 11.3 Å². The number of allylic oxidation sites excluding steroid dienone is 8. The van der Waals surface area contributed by atoms with Crippen molar-refractivity contribution in [2.45, 2.75) is 66.3 Å². The highest BCUT2D eigenvalue weighted by Gasteiger charge is 2.26. The summed E-state index contributed by atoms with van der Waals surface area (Å²) in [6.45, 7) is 12.4. The first-order valence-electron chi connectivity index (χ1n) is 9.55. The molecule has 2 rings (SSSR count). The molecule has 0 amide bonds. The largest absolute Gasteiger partial charge is 0.361 e. The Balaban J connectivity index is 1.89. The van der Waals surface area contributed by atoms with Gasteiger partial charge in [-0.2, -0.15) is 0 Å². The van der Waals surface area contributed by atoms with E-state index in [1.54, 1.807) is 5.57 Å². The molecule has 0 spiro atoms. The van der Waals surface area contributed by atoms with Gasteiger partial charge in [0.05, 0.1) is 0 Å². The van der Waals surface area contributed by atoms with E-state index in [9.17, 15) is 0 Å². The van der Waals surface area contributed by atoms with Gasteiger partial charge in [0.15, 0.2) is 5.11 Å². The van der Waals surface area contributed by atoms with Gasteiger partial charge in [0.25, 0.3) is 0 Å². The van der Waals surface area contributed by atoms with Crippen molar-refractivity contribution in [2.75, 3.05) is 6.54 Å². The van der Waals surface area contributed by atoms with Crippen LogP contribution in [0.4, 0.5) is 0 Å². The van der Waals surface area contributed by atoms with Gasteiger partial charge in [0.2, 0.25) is 0 Å². The molecule has 0 aromatic heterocycles. The van der Waals surface area contributed by atoms with Crippen molar-refractivity contribution >= 4 is 17.3 Å². The van der Waals surface area contributed by atoms with Crippen LogP contribution in [0.5, 0.6) is 0 Å². The number of hydrogen-bond donors (Lipinski definition) is 2. The molecule has 0 radical (unpaired) electrons. The summed E-state index contributed by atoms with van der Waals surface area (Å²) in [5.41, 5.74) is 4.69. The molecule has 3 heteroatoms. The Morgan fingerprint density at radius 2 is 2.16 bits per heavy atom. The molecule has 138 valence electrons. The lowest BCUT2D eigenvalue weighted by Crippen LogP contribution is -2.27. The smallest absolute Gasteiger partial charge is 0.166 e. The van der Waals surface area contributed by atoms with E-state index in [1.165, 1.54) is 30.4 Å². The summed E-state index contributed by atoms with van der Waals surface area (Å²) in [6, 6.07) is 0.459. The zero-order chi connectivity index (χ0) is 18.4. The maximum absolute atomic E-state index is 5.12. The van der Waals surface area contributed by atoms with Crippen LogP contribution < -0.4 is 10.6 Å². The minimum Gasteiger partial charge on any atom is -0.361 e. The maximum atomic E-state index is 5.12. The second-order valence-electron chi connectivity index (χ2n) is 8.32. The molecule has 0 saturated carbocycles. The highest BCUT2D eigenvalue weighted by atomic mass is 32.1. The molecule has 25 heavy (non-hydrogen) atoms. The fourth-order valence-electron chi connectivity index (χ4n) is 3.85. The van der Waals surface area contributed by atoms with Gasteiger partial charge in [-0.15, -0.1) is 0 Å². The van der Waals surface area contributed by atoms with Crippen LogP contribution >= 0.6 is 12.2 Å². The predicted molar refractivity (Wildman–Crippen MR) is 114 cm³/mol. The van der Waals surface area contributed by atoms with E-state index in [0.717, 1.165) is 18.1 Å². The number of thiocarbonyl (C=S) groups is 1. The third-order valence-corrected chi connectivity index (χ3v) is 5.62. The normalized spacial score (nSPS) is 25.6. The van der Waals surface area contributed by atoms with E-state index >= 15 is 0 Å². The van der Waals surface area contributed by atoms with Crippen molar-refractivity contribution in [1.29, 1.82) is 0 Å². The predicted octanol–water partition coefficient (Wildman–Crippen LogP) is 5.44. The molecule has 0 bridgehead atoms. The fraction of sp³-hybridized carbons (Fsp3) is 0.591. The number of rotatable bonds is 6. The summed E-state index contributed by atoms with van der Waals surface area (Å²) < 4.78 is 0. The summed E-state index contributed by atoms with van der Waals surface area (Å²) in [7, 11) is 0. The minimum atomic E-state index is 0.312. The van der Waals surface area contributed by atoms with Crippen LogP contribution in [0.3, 0.4) is 0 Å². The van der Waals surface area contributed by atoms with Gasteiger partial charge < -0.3 is 10.6 Å². The maximum Gasteiger partial charge on any atom is 0.166 e. The van der Waals surface area contributed by atoms with Crippen LogP contribution in [0.1, 0.15) is 60.3 Å². The molecule has 1 heterocycles. The Hall–Kier alpha value is -1.35. The van der Waals surface area contributed by atoms with Crippen LogP contribution in [0.25, 0.3) is 0 Å². The molecule has 2 nitrogen and oxygen atoms in total. The first kappa shape index (κ1) is 20.0. The lowest BCUT2D eigenvalue weighted by atomic mass is 9.72. The minimum absolute atomic E-state index is 0.312. The van der Waals surface area contributed by atoms with Gasteiger partial charge >= 0.3 is 0 Å². The third-order valence-electron chi connectivity index (χ3n) is 5.35. The van der Waals surface area contributed by atoms with Crippen molar-refractivity contribution in [1.82, 2.24) is 10.6 Å². The molecule has 1 fully saturated rings. The van der Waals surface area contributed by atoms with Crippen LogP contribution in [-0.2, 0) is 0 Å². The monoisotopic (exact) mass is 358 g/mol. The van der Waals surface area contributed by atoms with Crippen LogP contribution in [-0.4, -0.2) is 17.7 Å². The van der Waals surface area contributed by atoms with Gasteiger partial charge in [-0.05, 0) is 68.7 Å². The molecule has 1 aliphatic carbocycles. The van der Waals surface area contributed by atoms with E-state index in [4.69, 9.17) is 12.2 Å². The van der Waals surface area contributed by atoms with E-state index in [0.29, 0.717) is 17.4 Å². The van der Waals surface area contributed by atoms with E-state index in [1.807, 2.05) is 0 Å². The second-order valence-corrected chi connectivity index (χ2v) is 8.73. The molecule has 2 N–H and O–H groups in total. The molecule has 0 aromatic rings. The van der Waals surface area contributed by atoms with Crippen molar-refractivity contribution in [3.8, 4) is 0 Å². The van der Waals surface area contributed by atoms with Crippen LogP contribution in [0.15, 0.2) is 47.1 Å².